The quantitative estimate of drug-likeness (QED) is 0.154. The summed E-state index contributed by atoms with van der Waals surface area (Å²) in [7, 11) is 0. The van der Waals surface area contributed by atoms with E-state index in [0.717, 1.165) is 56.4 Å². The molecule has 306 valence electrons. The van der Waals surface area contributed by atoms with Crippen LogP contribution < -0.4 is 9.80 Å². The number of rotatable bonds is 6. The van der Waals surface area contributed by atoms with Crippen molar-refractivity contribution in [3.63, 3.8) is 0 Å². The number of fused-ring (bicyclic) bond motifs is 5. The van der Waals surface area contributed by atoms with Gasteiger partial charge in [-0.2, -0.15) is 0 Å². The van der Waals surface area contributed by atoms with Crippen molar-refractivity contribution in [2.24, 2.45) is 0 Å². The zero-order chi connectivity index (χ0) is 43.7. The molecule has 10 aromatic carbocycles. The summed E-state index contributed by atoms with van der Waals surface area (Å²) in [5.74, 6) is 13.4. The van der Waals surface area contributed by atoms with Gasteiger partial charge in [-0.15, -0.1) is 0 Å². The van der Waals surface area contributed by atoms with Gasteiger partial charge in [-0.05, 0) is 165 Å². The minimum Gasteiger partial charge on any atom is -0.310 e. The first-order valence-electron chi connectivity index (χ1n) is 22.2. The maximum atomic E-state index is 3.36. The first-order valence-corrected chi connectivity index (χ1v) is 22.2. The minimum absolute atomic E-state index is 0.283. The fourth-order valence-electron chi connectivity index (χ4n) is 9.24. The van der Waals surface area contributed by atoms with E-state index in [1.165, 1.54) is 43.8 Å². The van der Waals surface area contributed by atoms with Crippen molar-refractivity contribution in [3.8, 4) is 34.8 Å². The Labute approximate surface area is 381 Å². The fourth-order valence-corrected chi connectivity index (χ4v) is 9.24. The topological polar surface area (TPSA) is 6.48 Å². The average Bonchev–Trinajstić information content (AvgIpc) is 3.58. The van der Waals surface area contributed by atoms with Gasteiger partial charge >= 0.3 is 0 Å². The molecule has 0 spiro atoms. The standard InChI is InChI=1S/C63H44N2/c1-63(2)61-43-57(64(55-35-29-49-17-9-11-19-51(49)41-55)53-31-25-47(26-32-53)23-21-45-13-5-3-6-14-45)37-39-59(61)60-40-38-58(44-62(60)63)65(56-36-30-50-18-10-12-20-52(50)42-56)54-33-27-48(28-34-54)24-22-46-15-7-4-8-16-46/h3-20,25-44H,1-2H3. The normalized spacial score (nSPS) is 12.0. The van der Waals surface area contributed by atoms with E-state index in [2.05, 4.69) is 217 Å². The molecule has 2 heteroatoms. The van der Waals surface area contributed by atoms with Gasteiger partial charge in [0.25, 0.3) is 0 Å². The van der Waals surface area contributed by atoms with Crippen LogP contribution in [-0.2, 0) is 5.41 Å². The predicted molar refractivity (Wildman–Crippen MR) is 273 cm³/mol. The molecule has 0 fully saturated rings. The Morgan fingerprint density at radius 3 is 0.985 bits per heavy atom. The van der Waals surface area contributed by atoms with Gasteiger partial charge in [-0.1, -0.05) is 147 Å². The van der Waals surface area contributed by atoms with E-state index in [0.29, 0.717) is 0 Å². The molecule has 0 saturated carbocycles. The Morgan fingerprint density at radius 2 is 0.585 bits per heavy atom. The molecule has 2 nitrogen and oxygen atoms in total. The van der Waals surface area contributed by atoms with E-state index in [4.69, 9.17) is 0 Å². The molecule has 0 unspecified atom stereocenters. The molecule has 65 heavy (non-hydrogen) atoms. The van der Waals surface area contributed by atoms with Crippen molar-refractivity contribution in [1.29, 1.82) is 0 Å². The Morgan fingerprint density at radius 1 is 0.277 bits per heavy atom. The van der Waals surface area contributed by atoms with Gasteiger partial charge < -0.3 is 9.80 Å². The Balaban J connectivity index is 0.978. The number of hydrogen-bond acceptors (Lipinski definition) is 2. The van der Waals surface area contributed by atoms with Crippen molar-refractivity contribution in [2.45, 2.75) is 19.3 Å². The summed E-state index contributed by atoms with van der Waals surface area (Å²) < 4.78 is 0. The van der Waals surface area contributed by atoms with Crippen LogP contribution in [0.2, 0.25) is 0 Å². The first-order chi connectivity index (χ1) is 31.9. The molecular formula is C63H44N2. The monoisotopic (exact) mass is 828 g/mol. The zero-order valence-electron chi connectivity index (χ0n) is 36.3. The van der Waals surface area contributed by atoms with Crippen LogP contribution in [0.1, 0.15) is 47.2 Å². The van der Waals surface area contributed by atoms with Crippen LogP contribution in [0, 0.1) is 23.7 Å². The predicted octanol–water partition coefficient (Wildman–Crippen LogP) is 16.0. The van der Waals surface area contributed by atoms with Crippen LogP contribution in [0.3, 0.4) is 0 Å². The van der Waals surface area contributed by atoms with E-state index < -0.39 is 0 Å². The van der Waals surface area contributed by atoms with Crippen molar-refractivity contribution >= 4 is 55.7 Å². The lowest BCUT2D eigenvalue weighted by atomic mass is 9.82. The largest absolute Gasteiger partial charge is 0.310 e. The summed E-state index contributed by atoms with van der Waals surface area (Å²) >= 11 is 0. The van der Waals surface area contributed by atoms with E-state index >= 15 is 0 Å². The third kappa shape index (κ3) is 7.70. The second-order valence-corrected chi connectivity index (χ2v) is 17.1. The third-order valence-corrected chi connectivity index (χ3v) is 12.6. The average molecular weight is 829 g/mol. The Kier molecular flexibility index (Phi) is 10.0. The van der Waals surface area contributed by atoms with Crippen LogP contribution in [-0.4, -0.2) is 0 Å². The molecule has 0 saturated heterocycles. The lowest BCUT2D eigenvalue weighted by Gasteiger charge is -2.29. The van der Waals surface area contributed by atoms with Gasteiger partial charge in [-0.25, -0.2) is 0 Å². The lowest BCUT2D eigenvalue weighted by Crippen LogP contribution is -2.17. The Bertz CT molecular complexity index is 3270. The molecule has 0 aromatic heterocycles. The summed E-state index contributed by atoms with van der Waals surface area (Å²) in [6, 6.07) is 82.2. The smallest absolute Gasteiger partial charge is 0.0468 e. The summed E-state index contributed by atoms with van der Waals surface area (Å²) in [4.78, 5) is 4.75. The molecule has 0 bridgehead atoms. The summed E-state index contributed by atoms with van der Waals surface area (Å²) in [6.07, 6.45) is 0. The highest BCUT2D eigenvalue weighted by Gasteiger charge is 2.37. The van der Waals surface area contributed by atoms with Crippen molar-refractivity contribution in [1.82, 2.24) is 0 Å². The van der Waals surface area contributed by atoms with E-state index in [1.54, 1.807) is 0 Å². The van der Waals surface area contributed by atoms with E-state index in [1.807, 2.05) is 60.7 Å². The molecule has 10 aromatic rings. The molecule has 1 aliphatic carbocycles. The molecule has 0 N–H and O–H groups in total. The van der Waals surface area contributed by atoms with Gasteiger partial charge in [0.2, 0.25) is 0 Å². The molecule has 0 radical (unpaired) electrons. The van der Waals surface area contributed by atoms with Crippen LogP contribution in [0.5, 0.6) is 0 Å². The highest BCUT2D eigenvalue weighted by Crippen LogP contribution is 2.52. The maximum absolute atomic E-state index is 3.36. The fraction of sp³-hybridized carbons (Fsp3) is 0.0476. The molecule has 1 aliphatic rings. The minimum atomic E-state index is -0.283. The maximum Gasteiger partial charge on any atom is 0.0468 e. The van der Waals surface area contributed by atoms with Crippen LogP contribution in [0.4, 0.5) is 34.1 Å². The SMILES string of the molecule is CC1(C)c2cc(N(c3ccc(C#Cc4ccccc4)cc3)c3ccc4ccccc4c3)ccc2-c2ccc(N(c3ccc(C#Cc4ccccc4)cc3)c3ccc4ccccc4c3)cc21. The third-order valence-electron chi connectivity index (χ3n) is 12.6. The van der Waals surface area contributed by atoms with Crippen LogP contribution in [0.25, 0.3) is 32.7 Å². The molecule has 0 heterocycles. The van der Waals surface area contributed by atoms with Gasteiger partial charge in [0.05, 0.1) is 0 Å². The van der Waals surface area contributed by atoms with Gasteiger partial charge in [0.15, 0.2) is 0 Å². The van der Waals surface area contributed by atoms with Crippen LogP contribution in [0.15, 0.2) is 231 Å². The number of nitrogens with zero attached hydrogens (tertiary/aromatic N) is 2. The van der Waals surface area contributed by atoms with Crippen molar-refractivity contribution < 1.29 is 0 Å². The molecule has 0 atom stereocenters. The molecule has 0 aliphatic heterocycles. The second-order valence-electron chi connectivity index (χ2n) is 17.1. The van der Waals surface area contributed by atoms with Crippen LogP contribution >= 0.6 is 0 Å². The lowest BCUT2D eigenvalue weighted by molar-refractivity contribution is 0.660. The van der Waals surface area contributed by atoms with E-state index in [9.17, 15) is 0 Å². The highest BCUT2D eigenvalue weighted by molar-refractivity contribution is 5.93. The van der Waals surface area contributed by atoms with Gasteiger partial charge in [0, 0.05) is 61.8 Å². The Hall–Kier alpha value is -8.56. The van der Waals surface area contributed by atoms with Crippen molar-refractivity contribution in [3.05, 3.63) is 264 Å². The number of benzene rings is 10. The first kappa shape index (κ1) is 39.3. The molecule has 11 rings (SSSR count). The second kappa shape index (κ2) is 16.6. The zero-order valence-corrected chi connectivity index (χ0v) is 36.3. The highest BCUT2D eigenvalue weighted by atomic mass is 15.1. The number of anilines is 6. The summed E-state index contributed by atoms with van der Waals surface area (Å²) in [6.45, 7) is 4.73. The molecule has 0 amide bonds. The van der Waals surface area contributed by atoms with Crippen molar-refractivity contribution in [2.75, 3.05) is 9.80 Å². The molecular weight excluding hydrogens is 785 g/mol. The van der Waals surface area contributed by atoms with Gasteiger partial charge in [-0.3, -0.25) is 0 Å². The van der Waals surface area contributed by atoms with Gasteiger partial charge in [0.1, 0.15) is 0 Å². The number of hydrogen-bond donors (Lipinski definition) is 0. The summed E-state index contributed by atoms with van der Waals surface area (Å²) in [5, 5.41) is 4.84. The van der Waals surface area contributed by atoms with E-state index in [-0.39, 0.29) is 5.41 Å². The summed E-state index contributed by atoms with van der Waals surface area (Å²) in [5.41, 5.74) is 15.4.